The van der Waals surface area contributed by atoms with Crippen molar-refractivity contribution in [3.05, 3.63) is 48.0 Å². The van der Waals surface area contributed by atoms with Crippen LogP contribution in [0.25, 0.3) is 0 Å². The largest absolute Gasteiger partial charge is 0.454 e. The standard InChI is InChI=1S/C13H11F3N2O/c1-2-9-3-4-10(13(14,15)16)5-12(9)19-11-6-17-8-18-7-11/h3-8H,2H2,1H3. The molecular formula is C13H11F3N2O. The molecule has 6 heteroatoms. The Hall–Kier alpha value is -2.11. The Kier molecular flexibility index (Phi) is 3.69. The molecule has 0 saturated carbocycles. The van der Waals surface area contributed by atoms with E-state index in [4.69, 9.17) is 4.74 Å². The molecule has 0 unspecified atom stereocenters. The van der Waals surface area contributed by atoms with E-state index in [1.807, 2.05) is 6.92 Å². The number of benzene rings is 1. The van der Waals surface area contributed by atoms with Crippen molar-refractivity contribution in [2.45, 2.75) is 19.5 Å². The molecule has 1 heterocycles. The number of hydrogen-bond donors (Lipinski definition) is 0. The molecule has 1 aromatic heterocycles. The first-order valence-electron chi connectivity index (χ1n) is 5.63. The Morgan fingerprint density at radius 3 is 2.42 bits per heavy atom. The molecule has 0 aliphatic carbocycles. The van der Waals surface area contributed by atoms with Gasteiger partial charge >= 0.3 is 6.18 Å². The lowest BCUT2D eigenvalue weighted by Crippen LogP contribution is -2.05. The zero-order valence-electron chi connectivity index (χ0n) is 10.1. The Balaban J connectivity index is 2.37. The van der Waals surface area contributed by atoms with Crippen molar-refractivity contribution in [1.82, 2.24) is 9.97 Å². The first kappa shape index (κ1) is 13.3. The minimum absolute atomic E-state index is 0.173. The summed E-state index contributed by atoms with van der Waals surface area (Å²) in [6.45, 7) is 1.84. The Morgan fingerprint density at radius 1 is 1.16 bits per heavy atom. The molecule has 0 saturated heterocycles. The van der Waals surface area contributed by atoms with E-state index in [1.165, 1.54) is 24.8 Å². The lowest BCUT2D eigenvalue weighted by Gasteiger charge is -2.13. The summed E-state index contributed by atoms with van der Waals surface area (Å²) in [4.78, 5) is 7.50. The van der Waals surface area contributed by atoms with Gasteiger partial charge < -0.3 is 4.74 Å². The third kappa shape index (κ3) is 3.21. The quantitative estimate of drug-likeness (QED) is 0.848. The van der Waals surface area contributed by atoms with Gasteiger partial charge in [-0.15, -0.1) is 0 Å². The lowest BCUT2D eigenvalue weighted by atomic mass is 10.1. The van der Waals surface area contributed by atoms with Crippen LogP contribution in [0.1, 0.15) is 18.1 Å². The molecule has 0 aliphatic heterocycles. The minimum atomic E-state index is -4.39. The number of hydrogen-bond acceptors (Lipinski definition) is 3. The number of aryl methyl sites for hydroxylation is 1. The lowest BCUT2D eigenvalue weighted by molar-refractivity contribution is -0.137. The van der Waals surface area contributed by atoms with Crippen molar-refractivity contribution in [2.75, 3.05) is 0 Å². The average Bonchev–Trinajstić information content (AvgIpc) is 2.39. The van der Waals surface area contributed by atoms with E-state index in [0.29, 0.717) is 17.7 Å². The second kappa shape index (κ2) is 5.26. The Labute approximate surface area is 108 Å². The monoisotopic (exact) mass is 268 g/mol. The summed E-state index contributed by atoms with van der Waals surface area (Å²) < 4.78 is 43.4. The van der Waals surface area contributed by atoms with Gasteiger partial charge in [0.2, 0.25) is 0 Å². The molecule has 0 spiro atoms. The summed E-state index contributed by atoms with van der Waals surface area (Å²) in [5, 5.41) is 0. The molecule has 0 fully saturated rings. The van der Waals surface area contributed by atoms with Crippen LogP contribution in [0, 0.1) is 0 Å². The highest BCUT2D eigenvalue weighted by Gasteiger charge is 2.31. The van der Waals surface area contributed by atoms with Crippen molar-refractivity contribution < 1.29 is 17.9 Å². The highest BCUT2D eigenvalue weighted by atomic mass is 19.4. The van der Waals surface area contributed by atoms with Gasteiger partial charge in [-0.1, -0.05) is 13.0 Å². The fraction of sp³-hybridized carbons (Fsp3) is 0.231. The highest BCUT2D eigenvalue weighted by molar-refractivity contribution is 5.41. The number of rotatable bonds is 3. The molecule has 0 radical (unpaired) electrons. The molecule has 0 amide bonds. The van der Waals surface area contributed by atoms with E-state index >= 15 is 0 Å². The maximum absolute atomic E-state index is 12.7. The van der Waals surface area contributed by atoms with Crippen molar-refractivity contribution in [3.63, 3.8) is 0 Å². The topological polar surface area (TPSA) is 35.0 Å². The van der Waals surface area contributed by atoms with Gasteiger partial charge in [0, 0.05) is 0 Å². The number of ether oxygens (including phenoxy) is 1. The number of halogens is 3. The molecule has 19 heavy (non-hydrogen) atoms. The van der Waals surface area contributed by atoms with E-state index in [9.17, 15) is 13.2 Å². The fourth-order valence-corrected chi connectivity index (χ4v) is 1.58. The Morgan fingerprint density at radius 2 is 1.84 bits per heavy atom. The van der Waals surface area contributed by atoms with Gasteiger partial charge in [0.25, 0.3) is 0 Å². The van der Waals surface area contributed by atoms with Gasteiger partial charge in [0.15, 0.2) is 5.75 Å². The predicted molar refractivity (Wildman–Crippen MR) is 62.9 cm³/mol. The smallest absolute Gasteiger partial charge is 0.416 e. The molecule has 0 N–H and O–H groups in total. The van der Waals surface area contributed by atoms with Crippen LogP contribution < -0.4 is 4.74 Å². The average molecular weight is 268 g/mol. The summed E-state index contributed by atoms with van der Waals surface area (Å²) in [5.41, 5.74) is -0.0478. The molecule has 100 valence electrons. The summed E-state index contributed by atoms with van der Waals surface area (Å²) in [6, 6.07) is 3.46. The molecule has 1 aromatic carbocycles. The van der Waals surface area contributed by atoms with Crippen LogP contribution in [0.15, 0.2) is 36.9 Å². The van der Waals surface area contributed by atoms with Gasteiger partial charge in [0.05, 0.1) is 18.0 Å². The highest BCUT2D eigenvalue weighted by Crippen LogP contribution is 2.34. The second-order valence-corrected chi connectivity index (χ2v) is 3.85. The van der Waals surface area contributed by atoms with E-state index < -0.39 is 11.7 Å². The van der Waals surface area contributed by atoms with Gasteiger partial charge in [-0.2, -0.15) is 13.2 Å². The maximum atomic E-state index is 12.7. The van der Waals surface area contributed by atoms with Gasteiger partial charge in [0.1, 0.15) is 12.1 Å². The fourth-order valence-electron chi connectivity index (χ4n) is 1.58. The number of nitrogens with zero attached hydrogens (tertiary/aromatic N) is 2. The molecular weight excluding hydrogens is 257 g/mol. The predicted octanol–water partition coefficient (Wildman–Crippen LogP) is 3.85. The molecule has 0 atom stereocenters. The second-order valence-electron chi connectivity index (χ2n) is 3.85. The number of aromatic nitrogens is 2. The molecule has 3 nitrogen and oxygen atoms in total. The SMILES string of the molecule is CCc1ccc(C(F)(F)F)cc1Oc1cncnc1. The van der Waals surface area contributed by atoms with E-state index in [1.54, 1.807) is 0 Å². The summed E-state index contributed by atoms with van der Waals surface area (Å²) in [5.74, 6) is 0.476. The first-order chi connectivity index (χ1) is 9.00. The van der Waals surface area contributed by atoms with Crippen molar-refractivity contribution >= 4 is 0 Å². The number of alkyl halides is 3. The third-order valence-electron chi connectivity index (χ3n) is 2.54. The van der Waals surface area contributed by atoms with E-state index in [2.05, 4.69) is 9.97 Å². The van der Waals surface area contributed by atoms with Crippen molar-refractivity contribution in [3.8, 4) is 11.5 Å². The van der Waals surface area contributed by atoms with Crippen LogP contribution in [0.2, 0.25) is 0 Å². The molecule has 2 rings (SSSR count). The minimum Gasteiger partial charge on any atom is -0.454 e. The normalized spacial score (nSPS) is 11.4. The van der Waals surface area contributed by atoms with Crippen LogP contribution >= 0.6 is 0 Å². The van der Waals surface area contributed by atoms with Crippen LogP contribution in [0.4, 0.5) is 13.2 Å². The van der Waals surface area contributed by atoms with Crippen molar-refractivity contribution in [1.29, 1.82) is 0 Å². The molecule has 0 aliphatic rings. The third-order valence-corrected chi connectivity index (χ3v) is 2.54. The van der Waals surface area contributed by atoms with Gasteiger partial charge in [-0.05, 0) is 24.1 Å². The zero-order chi connectivity index (χ0) is 13.9. The van der Waals surface area contributed by atoms with E-state index in [0.717, 1.165) is 12.1 Å². The van der Waals surface area contributed by atoms with Crippen LogP contribution in [0.3, 0.4) is 0 Å². The van der Waals surface area contributed by atoms with Gasteiger partial charge in [-0.3, -0.25) is 0 Å². The zero-order valence-corrected chi connectivity index (χ0v) is 10.1. The maximum Gasteiger partial charge on any atom is 0.416 e. The first-order valence-corrected chi connectivity index (χ1v) is 5.63. The van der Waals surface area contributed by atoms with Crippen LogP contribution in [0.5, 0.6) is 11.5 Å². The molecule has 2 aromatic rings. The van der Waals surface area contributed by atoms with Crippen molar-refractivity contribution in [2.24, 2.45) is 0 Å². The summed E-state index contributed by atoms with van der Waals surface area (Å²) in [6.07, 6.45) is 0.290. The summed E-state index contributed by atoms with van der Waals surface area (Å²) in [7, 11) is 0. The Bertz CT molecular complexity index is 556. The van der Waals surface area contributed by atoms with E-state index in [-0.39, 0.29) is 5.75 Å². The van der Waals surface area contributed by atoms with Crippen LogP contribution in [-0.4, -0.2) is 9.97 Å². The van der Waals surface area contributed by atoms with Gasteiger partial charge in [-0.25, -0.2) is 9.97 Å². The molecule has 0 bridgehead atoms. The summed E-state index contributed by atoms with van der Waals surface area (Å²) >= 11 is 0. The van der Waals surface area contributed by atoms with Crippen LogP contribution in [-0.2, 0) is 12.6 Å².